The second kappa shape index (κ2) is 6.94. The Hall–Kier alpha value is -1.28. The van der Waals surface area contributed by atoms with Crippen molar-refractivity contribution < 1.29 is 14.6 Å². The number of thioether (sulfide) groups is 1. The molecule has 104 valence electrons. The highest BCUT2D eigenvalue weighted by molar-refractivity contribution is 8.05. The summed E-state index contributed by atoms with van der Waals surface area (Å²) in [7, 11) is 0. The van der Waals surface area contributed by atoms with Gasteiger partial charge in [0.05, 0.1) is 15.2 Å². The van der Waals surface area contributed by atoms with Gasteiger partial charge in [-0.3, -0.25) is 0 Å². The lowest BCUT2D eigenvalue weighted by Gasteiger charge is -2.06. The lowest BCUT2D eigenvalue weighted by Crippen LogP contribution is -2.10. The van der Waals surface area contributed by atoms with Gasteiger partial charge in [0.2, 0.25) is 0 Å². The van der Waals surface area contributed by atoms with Gasteiger partial charge in [-0.2, -0.15) is 0 Å². The smallest absolute Gasteiger partial charge is 0.341 e. The topological polar surface area (TPSA) is 46.5 Å². The molecule has 0 aromatic heterocycles. The van der Waals surface area contributed by atoms with E-state index in [1.54, 1.807) is 18.2 Å². The second-order valence-electron chi connectivity index (χ2n) is 3.94. The number of carbonyl (C=O) groups is 1. The van der Waals surface area contributed by atoms with Crippen LogP contribution in [0, 0.1) is 11.8 Å². The number of allylic oxidation sites excluding steroid dienone is 1. The molecule has 0 saturated heterocycles. The van der Waals surface area contributed by atoms with Gasteiger partial charge in [-0.1, -0.05) is 52.9 Å². The highest BCUT2D eigenvalue weighted by Crippen LogP contribution is 2.34. The lowest BCUT2D eigenvalue weighted by molar-refractivity contribution is -0.139. The van der Waals surface area contributed by atoms with Gasteiger partial charge in [0.25, 0.3) is 0 Å². The summed E-state index contributed by atoms with van der Waals surface area (Å²) in [6.45, 7) is -0.415. The number of aliphatic carboxylic acids is 1. The highest BCUT2D eigenvalue weighted by atomic mass is 35.5. The largest absolute Gasteiger partial charge is 0.481 e. The number of hydrogen-bond donors (Lipinski definition) is 1. The van der Waals surface area contributed by atoms with Gasteiger partial charge in [0.1, 0.15) is 5.75 Å². The fourth-order valence-electron chi connectivity index (χ4n) is 1.54. The third kappa shape index (κ3) is 4.38. The maximum atomic E-state index is 10.5. The molecule has 1 atom stereocenters. The molecule has 0 bridgehead atoms. The summed E-state index contributed by atoms with van der Waals surface area (Å²) in [5.74, 6) is 5.42. The first kappa shape index (κ1) is 15.1. The molecular weight excluding hydrogens is 319 g/mol. The molecule has 1 N–H and O–H groups in total. The van der Waals surface area contributed by atoms with Gasteiger partial charge >= 0.3 is 5.97 Å². The summed E-state index contributed by atoms with van der Waals surface area (Å²) in [4.78, 5) is 10.5. The zero-order chi connectivity index (χ0) is 14.5. The molecule has 0 saturated carbocycles. The van der Waals surface area contributed by atoms with E-state index in [9.17, 15) is 4.79 Å². The molecule has 1 unspecified atom stereocenters. The van der Waals surface area contributed by atoms with E-state index in [-0.39, 0.29) is 5.25 Å². The van der Waals surface area contributed by atoms with E-state index < -0.39 is 12.6 Å². The molecule has 1 aromatic rings. The summed E-state index contributed by atoms with van der Waals surface area (Å²) in [5, 5.41) is 9.27. The van der Waals surface area contributed by atoms with Crippen molar-refractivity contribution in [3.63, 3.8) is 0 Å². The molecule has 1 aliphatic heterocycles. The van der Waals surface area contributed by atoms with Crippen LogP contribution in [0.1, 0.15) is 12.0 Å². The van der Waals surface area contributed by atoms with Gasteiger partial charge in [0, 0.05) is 5.02 Å². The Morgan fingerprint density at radius 1 is 1.50 bits per heavy atom. The van der Waals surface area contributed by atoms with Crippen molar-refractivity contribution in [1.29, 1.82) is 0 Å². The van der Waals surface area contributed by atoms with Crippen LogP contribution in [0.3, 0.4) is 0 Å². The molecule has 1 aliphatic rings. The van der Waals surface area contributed by atoms with Crippen molar-refractivity contribution in [2.24, 2.45) is 0 Å². The maximum Gasteiger partial charge on any atom is 0.341 e. The lowest BCUT2D eigenvalue weighted by atomic mass is 10.2. The van der Waals surface area contributed by atoms with Crippen molar-refractivity contribution in [3.8, 4) is 17.6 Å². The zero-order valence-corrected chi connectivity index (χ0v) is 12.6. The predicted molar refractivity (Wildman–Crippen MR) is 81.4 cm³/mol. The van der Waals surface area contributed by atoms with Crippen LogP contribution in [0.4, 0.5) is 0 Å². The molecule has 0 aliphatic carbocycles. The molecule has 20 heavy (non-hydrogen) atoms. The van der Waals surface area contributed by atoms with Crippen molar-refractivity contribution in [2.75, 3.05) is 6.61 Å². The Labute approximate surface area is 130 Å². The number of carboxylic acid groups (broad SMARTS) is 1. The minimum atomic E-state index is -1.04. The summed E-state index contributed by atoms with van der Waals surface area (Å²) >= 11 is 13.3. The zero-order valence-electron chi connectivity index (χ0n) is 10.2. The average Bonchev–Trinajstić information content (AvgIpc) is 2.81. The van der Waals surface area contributed by atoms with Crippen LogP contribution in [0.25, 0.3) is 0 Å². The molecule has 0 spiro atoms. The number of hydrogen-bond acceptors (Lipinski definition) is 3. The first-order chi connectivity index (χ1) is 9.54. The van der Waals surface area contributed by atoms with Crippen molar-refractivity contribution in [3.05, 3.63) is 39.2 Å². The highest BCUT2D eigenvalue weighted by Gasteiger charge is 2.13. The molecule has 6 heteroatoms. The minimum Gasteiger partial charge on any atom is -0.481 e. The number of halogens is 2. The first-order valence-corrected chi connectivity index (χ1v) is 7.36. The van der Waals surface area contributed by atoms with E-state index in [1.807, 2.05) is 6.08 Å². The summed E-state index contributed by atoms with van der Waals surface area (Å²) in [5.41, 5.74) is 0.572. The van der Waals surface area contributed by atoms with Crippen LogP contribution in [0.15, 0.2) is 28.6 Å². The van der Waals surface area contributed by atoms with Gasteiger partial charge in [0.15, 0.2) is 6.61 Å². The van der Waals surface area contributed by atoms with E-state index in [0.717, 1.165) is 10.8 Å². The number of benzene rings is 1. The van der Waals surface area contributed by atoms with Crippen LogP contribution in [-0.4, -0.2) is 22.9 Å². The maximum absolute atomic E-state index is 10.5. The standard InChI is InChI=1S/C14H10Cl2O3S/c15-10-2-5-12(19-8-14(17)18)9(7-10)1-3-11-4-6-13(16)20-11/h2,5-7,11H,4,8H2,(H,17,18). The quantitative estimate of drug-likeness (QED) is 0.858. The van der Waals surface area contributed by atoms with Crippen LogP contribution < -0.4 is 4.74 Å². The SMILES string of the molecule is O=C(O)COc1ccc(Cl)cc1C#CC1CC=C(Cl)S1. The predicted octanol–water partition coefficient (Wildman–Crippen LogP) is 3.74. The van der Waals surface area contributed by atoms with E-state index in [2.05, 4.69) is 11.8 Å². The minimum absolute atomic E-state index is 0.105. The second-order valence-corrected chi connectivity index (χ2v) is 6.25. The van der Waals surface area contributed by atoms with Crippen molar-refractivity contribution in [1.82, 2.24) is 0 Å². The van der Waals surface area contributed by atoms with Gasteiger partial charge in [-0.05, 0) is 24.6 Å². The number of ether oxygens (including phenoxy) is 1. The normalized spacial score (nSPS) is 17.1. The molecule has 0 radical (unpaired) electrons. The van der Waals surface area contributed by atoms with Crippen LogP contribution >= 0.6 is 35.0 Å². The fraction of sp³-hybridized carbons (Fsp3) is 0.214. The molecule has 0 amide bonds. The Bertz CT molecular complexity index is 617. The van der Waals surface area contributed by atoms with Gasteiger partial charge < -0.3 is 9.84 Å². The summed E-state index contributed by atoms with van der Waals surface area (Å²) in [6.07, 6.45) is 2.72. The Morgan fingerprint density at radius 3 is 2.95 bits per heavy atom. The summed E-state index contributed by atoms with van der Waals surface area (Å²) < 4.78 is 5.93. The third-order valence-electron chi connectivity index (χ3n) is 2.41. The molecule has 2 rings (SSSR count). The van der Waals surface area contributed by atoms with Crippen LogP contribution in [-0.2, 0) is 4.79 Å². The van der Waals surface area contributed by atoms with Crippen molar-refractivity contribution >= 4 is 40.9 Å². The van der Waals surface area contributed by atoms with E-state index in [1.165, 1.54) is 11.8 Å². The van der Waals surface area contributed by atoms with Crippen LogP contribution in [0.2, 0.25) is 5.02 Å². The Balaban J connectivity index is 2.15. The van der Waals surface area contributed by atoms with E-state index in [4.69, 9.17) is 33.0 Å². The van der Waals surface area contributed by atoms with Gasteiger partial charge in [-0.25, -0.2) is 4.79 Å². The summed E-state index contributed by atoms with van der Waals surface area (Å²) in [6, 6.07) is 4.90. The van der Waals surface area contributed by atoms with Gasteiger partial charge in [-0.15, -0.1) is 0 Å². The number of carboxylic acids is 1. The first-order valence-electron chi connectivity index (χ1n) is 5.72. The average molecular weight is 329 g/mol. The molecular formula is C14H10Cl2O3S. The third-order valence-corrected chi connectivity index (χ3v) is 4.05. The molecule has 0 fully saturated rings. The van der Waals surface area contributed by atoms with E-state index >= 15 is 0 Å². The fourth-order valence-corrected chi connectivity index (χ4v) is 2.90. The van der Waals surface area contributed by atoms with Crippen LogP contribution in [0.5, 0.6) is 5.75 Å². The van der Waals surface area contributed by atoms with Crippen molar-refractivity contribution in [2.45, 2.75) is 11.7 Å². The Morgan fingerprint density at radius 2 is 2.30 bits per heavy atom. The molecule has 3 nitrogen and oxygen atoms in total. The molecule has 1 aromatic carbocycles. The Kier molecular flexibility index (Phi) is 5.24. The van der Waals surface area contributed by atoms with E-state index in [0.29, 0.717) is 16.3 Å². The number of rotatable bonds is 3. The molecule has 1 heterocycles. The monoisotopic (exact) mass is 328 g/mol.